The number of carboxylic acid groups (broad SMARTS) is 1. The van der Waals surface area contributed by atoms with Gasteiger partial charge in [-0.15, -0.1) is 0 Å². The molecule has 0 aliphatic rings. The molecule has 0 saturated heterocycles. The third-order valence-electron chi connectivity index (χ3n) is 0.436. The smallest absolute Gasteiger partial charge is 0.545 e. The Kier molecular flexibility index (Phi) is 7.28. The molecular formula is C5H7LiO3. The minimum Gasteiger partial charge on any atom is -0.545 e. The van der Waals surface area contributed by atoms with Gasteiger partial charge in [-0.3, -0.25) is 0 Å². The molecule has 0 atom stereocenters. The molecule has 0 fully saturated rings. The molecule has 0 heterocycles. The fourth-order valence-corrected chi connectivity index (χ4v) is 0.182. The van der Waals surface area contributed by atoms with Gasteiger partial charge in [-0.05, 0) is 6.92 Å². The first kappa shape index (κ1) is 11.4. The molecule has 9 heavy (non-hydrogen) atoms. The van der Waals surface area contributed by atoms with Gasteiger partial charge in [0.1, 0.15) is 0 Å². The van der Waals surface area contributed by atoms with Gasteiger partial charge in [-0.2, -0.15) is 0 Å². The van der Waals surface area contributed by atoms with Gasteiger partial charge >= 0.3 is 18.9 Å². The second kappa shape index (κ2) is 5.74. The fourth-order valence-electron chi connectivity index (χ4n) is 0.182. The van der Waals surface area contributed by atoms with E-state index in [-0.39, 0.29) is 25.5 Å². The van der Waals surface area contributed by atoms with Crippen molar-refractivity contribution in [2.75, 3.05) is 6.61 Å². The first-order valence-electron chi connectivity index (χ1n) is 2.11. The maximum Gasteiger partial charge on any atom is 1.00 e. The van der Waals surface area contributed by atoms with Crippen molar-refractivity contribution in [3.05, 3.63) is 12.2 Å². The summed E-state index contributed by atoms with van der Waals surface area (Å²) in [6, 6.07) is 0. The zero-order chi connectivity index (χ0) is 6.57. The van der Waals surface area contributed by atoms with Crippen molar-refractivity contribution in [2.45, 2.75) is 6.92 Å². The van der Waals surface area contributed by atoms with Crippen molar-refractivity contribution in [3.63, 3.8) is 0 Å². The zero-order valence-electron chi connectivity index (χ0n) is 5.64. The van der Waals surface area contributed by atoms with E-state index < -0.39 is 6.16 Å². The third-order valence-corrected chi connectivity index (χ3v) is 0.436. The molecule has 0 rings (SSSR count). The molecule has 4 heteroatoms. The molecule has 0 aliphatic carbocycles. The number of carbonyl (C=O) groups excluding carboxylic acids is 1. The van der Waals surface area contributed by atoms with E-state index in [0.717, 1.165) is 0 Å². The summed E-state index contributed by atoms with van der Waals surface area (Å²) in [6.07, 6.45) is -1.51. The van der Waals surface area contributed by atoms with Gasteiger partial charge in [0, 0.05) is 6.61 Å². The molecule has 0 aromatic heterocycles. The summed E-state index contributed by atoms with van der Waals surface area (Å²) < 4.78 is 4.01. The van der Waals surface area contributed by atoms with Gasteiger partial charge in [0.05, 0.1) is 0 Å². The van der Waals surface area contributed by atoms with Crippen molar-refractivity contribution in [1.82, 2.24) is 0 Å². The van der Waals surface area contributed by atoms with Gasteiger partial charge in [0.25, 0.3) is 6.16 Å². The van der Waals surface area contributed by atoms with Crippen molar-refractivity contribution >= 4 is 6.16 Å². The van der Waals surface area contributed by atoms with Gasteiger partial charge in [-0.1, -0.05) is 12.2 Å². The van der Waals surface area contributed by atoms with E-state index in [4.69, 9.17) is 0 Å². The average molecular weight is 122 g/mol. The topological polar surface area (TPSA) is 49.4 Å². The summed E-state index contributed by atoms with van der Waals surface area (Å²) in [5, 5.41) is 9.53. The van der Waals surface area contributed by atoms with Crippen molar-refractivity contribution < 1.29 is 33.5 Å². The summed E-state index contributed by atoms with van der Waals surface area (Å²) >= 11 is 0. The van der Waals surface area contributed by atoms with Gasteiger partial charge in [0.15, 0.2) is 0 Å². The molecule has 0 aromatic rings. The minimum absolute atomic E-state index is 0. The normalized spacial score (nSPS) is 7.22. The van der Waals surface area contributed by atoms with Crippen LogP contribution in [0.3, 0.4) is 0 Å². The van der Waals surface area contributed by atoms with Crippen LogP contribution in [0.2, 0.25) is 0 Å². The van der Waals surface area contributed by atoms with Crippen molar-refractivity contribution in [3.8, 4) is 0 Å². The molecular weight excluding hydrogens is 115 g/mol. The fraction of sp³-hybridized carbons (Fsp3) is 0.400. The Morgan fingerprint density at radius 2 is 2.22 bits per heavy atom. The molecule has 0 bridgehead atoms. The predicted octanol–water partition coefficient (Wildman–Crippen LogP) is -3.07. The van der Waals surface area contributed by atoms with Crippen LogP contribution in [0, 0.1) is 0 Å². The second-order valence-electron chi connectivity index (χ2n) is 1.50. The molecule has 0 saturated carbocycles. The predicted molar refractivity (Wildman–Crippen MR) is 26.2 cm³/mol. The maximum absolute atomic E-state index is 9.53. The monoisotopic (exact) mass is 122 g/mol. The third kappa shape index (κ3) is 11.3. The quantitative estimate of drug-likeness (QED) is 0.222. The van der Waals surface area contributed by atoms with Crippen LogP contribution >= 0.6 is 0 Å². The van der Waals surface area contributed by atoms with Crippen LogP contribution in [-0.2, 0) is 4.74 Å². The SMILES string of the molecule is C=C(C)COC(=O)[O-].[Li+]. The number of hydrogen-bond donors (Lipinski definition) is 0. The zero-order valence-corrected chi connectivity index (χ0v) is 5.64. The summed E-state index contributed by atoms with van der Waals surface area (Å²) in [5.74, 6) is 0. The molecule has 3 nitrogen and oxygen atoms in total. The Morgan fingerprint density at radius 1 is 1.78 bits per heavy atom. The van der Waals surface area contributed by atoms with E-state index in [1.807, 2.05) is 0 Å². The molecule has 0 radical (unpaired) electrons. The van der Waals surface area contributed by atoms with Crippen LogP contribution in [0.4, 0.5) is 4.79 Å². The maximum atomic E-state index is 9.53. The molecule has 0 aromatic carbocycles. The minimum atomic E-state index is -1.51. The Morgan fingerprint density at radius 3 is 2.33 bits per heavy atom. The van der Waals surface area contributed by atoms with E-state index in [0.29, 0.717) is 5.57 Å². The second-order valence-corrected chi connectivity index (χ2v) is 1.50. The van der Waals surface area contributed by atoms with Crippen LogP contribution in [0.25, 0.3) is 0 Å². The standard InChI is InChI=1S/C5H8O3.Li/c1-4(2)3-8-5(6)7;/h1,3H2,2H3,(H,6,7);/q;+1/p-1. The summed E-state index contributed by atoms with van der Waals surface area (Å²) in [6.45, 7) is 5.11. The van der Waals surface area contributed by atoms with Crippen molar-refractivity contribution in [1.29, 1.82) is 0 Å². The number of carbonyl (C=O) groups is 1. The molecule has 0 spiro atoms. The Bertz CT molecular complexity index is 96.8. The van der Waals surface area contributed by atoms with E-state index in [1.165, 1.54) is 0 Å². The Hall–Kier alpha value is -0.393. The van der Waals surface area contributed by atoms with E-state index >= 15 is 0 Å². The van der Waals surface area contributed by atoms with Crippen LogP contribution in [0.1, 0.15) is 6.92 Å². The van der Waals surface area contributed by atoms with Crippen LogP contribution in [0.15, 0.2) is 12.2 Å². The molecule has 0 amide bonds. The number of rotatable bonds is 2. The first-order chi connectivity index (χ1) is 3.63. The first-order valence-corrected chi connectivity index (χ1v) is 2.11. The van der Waals surface area contributed by atoms with Crippen LogP contribution in [-0.4, -0.2) is 12.8 Å². The summed E-state index contributed by atoms with van der Waals surface area (Å²) in [5.41, 5.74) is 0.661. The van der Waals surface area contributed by atoms with E-state index in [2.05, 4.69) is 11.3 Å². The number of ether oxygens (including phenoxy) is 1. The van der Waals surface area contributed by atoms with Crippen LogP contribution in [0.5, 0.6) is 0 Å². The molecule has 0 N–H and O–H groups in total. The number of hydrogen-bond acceptors (Lipinski definition) is 3. The van der Waals surface area contributed by atoms with Gasteiger partial charge < -0.3 is 14.6 Å². The van der Waals surface area contributed by atoms with Gasteiger partial charge in [0.2, 0.25) is 0 Å². The van der Waals surface area contributed by atoms with Gasteiger partial charge in [-0.25, -0.2) is 0 Å². The molecule has 0 aliphatic heterocycles. The molecule has 46 valence electrons. The molecule has 0 unspecified atom stereocenters. The van der Waals surface area contributed by atoms with E-state index in [9.17, 15) is 9.90 Å². The average Bonchev–Trinajstić information content (AvgIpc) is 1.61. The van der Waals surface area contributed by atoms with Crippen LogP contribution < -0.4 is 24.0 Å². The van der Waals surface area contributed by atoms with Crippen molar-refractivity contribution in [2.24, 2.45) is 0 Å². The largest absolute Gasteiger partial charge is 1.00 e. The van der Waals surface area contributed by atoms with E-state index in [1.54, 1.807) is 6.92 Å². The summed E-state index contributed by atoms with van der Waals surface area (Å²) in [7, 11) is 0. The Labute approximate surface area is 65.9 Å². The Balaban J connectivity index is 0. The summed E-state index contributed by atoms with van der Waals surface area (Å²) in [4.78, 5) is 9.53.